The highest BCUT2D eigenvalue weighted by Gasteiger charge is 2.13. The Morgan fingerprint density at radius 1 is 1.10 bits per heavy atom. The zero-order chi connectivity index (χ0) is 15.2. The van der Waals surface area contributed by atoms with E-state index in [-0.39, 0.29) is 6.29 Å². The fraction of sp³-hybridized carbons (Fsp3) is 0.944. The van der Waals surface area contributed by atoms with Crippen LogP contribution in [0.3, 0.4) is 0 Å². The zero-order valence-corrected chi connectivity index (χ0v) is 13.9. The van der Waals surface area contributed by atoms with Gasteiger partial charge >= 0.3 is 0 Å². The molecular weight excluding hydrogens is 264 g/mol. The molecule has 3 nitrogen and oxygen atoms in total. The van der Waals surface area contributed by atoms with Gasteiger partial charge in [-0.15, -0.1) is 0 Å². The van der Waals surface area contributed by atoms with Gasteiger partial charge in [0.1, 0.15) is 6.29 Å². The van der Waals surface area contributed by atoms with Gasteiger partial charge in [-0.25, -0.2) is 0 Å². The van der Waals surface area contributed by atoms with E-state index >= 15 is 0 Å². The highest BCUT2D eigenvalue weighted by Crippen LogP contribution is 2.16. The first kappa shape index (κ1) is 18.6. The molecule has 1 fully saturated rings. The van der Waals surface area contributed by atoms with Gasteiger partial charge in [-0.3, -0.25) is 0 Å². The SMILES string of the molecule is C[C@H](CC=O)CCCCCCCCCOC1CCCCO1. The fourth-order valence-electron chi connectivity index (χ4n) is 2.82. The Kier molecular flexibility index (Phi) is 11.8. The lowest BCUT2D eigenvalue weighted by Gasteiger charge is -2.22. The van der Waals surface area contributed by atoms with E-state index in [4.69, 9.17) is 9.47 Å². The summed E-state index contributed by atoms with van der Waals surface area (Å²) in [5.74, 6) is 0.571. The molecule has 0 amide bonds. The molecule has 1 saturated heterocycles. The van der Waals surface area contributed by atoms with Crippen LogP contribution < -0.4 is 0 Å². The Labute approximate surface area is 130 Å². The van der Waals surface area contributed by atoms with Gasteiger partial charge in [0.05, 0.1) is 0 Å². The maximum absolute atomic E-state index is 10.4. The van der Waals surface area contributed by atoms with Crippen molar-refractivity contribution in [2.45, 2.75) is 90.3 Å². The molecule has 1 aliphatic rings. The quantitative estimate of drug-likeness (QED) is 0.359. The van der Waals surface area contributed by atoms with E-state index in [1.165, 1.54) is 57.8 Å². The first-order chi connectivity index (χ1) is 10.3. The van der Waals surface area contributed by atoms with Gasteiger partial charge in [-0.1, -0.05) is 51.9 Å². The Morgan fingerprint density at radius 3 is 2.48 bits per heavy atom. The van der Waals surface area contributed by atoms with E-state index < -0.39 is 0 Å². The van der Waals surface area contributed by atoms with E-state index in [1.54, 1.807) is 0 Å². The molecule has 124 valence electrons. The van der Waals surface area contributed by atoms with Crippen molar-refractivity contribution >= 4 is 6.29 Å². The molecule has 0 aromatic rings. The van der Waals surface area contributed by atoms with Gasteiger partial charge in [-0.05, 0) is 31.6 Å². The van der Waals surface area contributed by atoms with Crippen LogP contribution in [0.15, 0.2) is 0 Å². The Bertz CT molecular complexity index is 237. The van der Waals surface area contributed by atoms with Gasteiger partial charge in [0, 0.05) is 19.6 Å². The lowest BCUT2D eigenvalue weighted by molar-refractivity contribution is -0.162. The predicted octanol–water partition coefficient (Wildman–Crippen LogP) is 4.88. The number of rotatable bonds is 13. The van der Waals surface area contributed by atoms with E-state index in [9.17, 15) is 4.79 Å². The Balaban J connectivity index is 1.75. The van der Waals surface area contributed by atoms with Crippen molar-refractivity contribution in [3.63, 3.8) is 0 Å². The van der Waals surface area contributed by atoms with E-state index in [2.05, 4.69) is 6.92 Å². The van der Waals surface area contributed by atoms with E-state index in [1.807, 2.05) is 0 Å². The summed E-state index contributed by atoms with van der Waals surface area (Å²) in [6, 6.07) is 0. The maximum Gasteiger partial charge on any atom is 0.157 e. The Hall–Kier alpha value is -0.410. The normalized spacial score (nSPS) is 20.3. The number of hydrogen-bond donors (Lipinski definition) is 0. The van der Waals surface area contributed by atoms with Crippen molar-refractivity contribution in [3.8, 4) is 0 Å². The lowest BCUT2D eigenvalue weighted by Crippen LogP contribution is -2.22. The van der Waals surface area contributed by atoms with Crippen LogP contribution in [-0.4, -0.2) is 25.8 Å². The van der Waals surface area contributed by atoms with Crippen molar-refractivity contribution in [2.24, 2.45) is 5.92 Å². The summed E-state index contributed by atoms with van der Waals surface area (Å²) < 4.78 is 11.3. The topological polar surface area (TPSA) is 35.5 Å². The van der Waals surface area contributed by atoms with Crippen molar-refractivity contribution in [1.29, 1.82) is 0 Å². The largest absolute Gasteiger partial charge is 0.353 e. The van der Waals surface area contributed by atoms with Crippen LogP contribution in [0, 0.1) is 5.92 Å². The molecule has 2 atom stereocenters. The average molecular weight is 298 g/mol. The van der Waals surface area contributed by atoms with Crippen LogP contribution >= 0.6 is 0 Å². The van der Waals surface area contributed by atoms with Crippen LogP contribution in [0.2, 0.25) is 0 Å². The van der Waals surface area contributed by atoms with Crippen LogP contribution in [0.4, 0.5) is 0 Å². The van der Waals surface area contributed by atoms with Gasteiger partial charge in [0.2, 0.25) is 0 Å². The third-order valence-corrected chi connectivity index (χ3v) is 4.28. The number of carbonyl (C=O) groups is 1. The van der Waals surface area contributed by atoms with Crippen LogP contribution in [-0.2, 0) is 14.3 Å². The highest BCUT2D eigenvalue weighted by molar-refractivity contribution is 5.49. The molecule has 3 heteroatoms. The molecule has 1 heterocycles. The Morgan fingerprint density at radius 2 is 1.81 bits per heavy atom. The average Bonchev–Trinajstić information content (AvgIpc) is 2.50. The second-order valence-electron chi connectivity index (χ2n) is 6.44. The first-order valence-electron chi connectivity index (χ1n) is 8.99. The summed E-state index contributed by atoms with van der Waals surface area (Å²) in [7, 11) is 0. The summed E-state index contributed by atoms with van der Waals surface area (Å²) in [6.45, 7) is 3.90. The molecule has 1 unspecified atom stereocenters. The standard InChI is InChI=1S/C18H34O3/c1-17(13-14-19)11-7-5-3-2-4-6-9-15-20-18-12-8-10-16-21-18/h14,17-18H,2-13,15-16H2,1H3/t17-,18?/m0/s1. The smallest absolute Gasteiger partial charge is 0.157 e. The molecule has 21 heavy (non-hydrogen) atoms. The van der Waals surface area contributed by atoms with Crippen LogP contribution in [0.5, 0.6) is 0 Å². The lowest BCUT2D eigenvalue weighted by atomic mass is 9.99. The molecule has 0 spiro atoms. The molecule has 0 aromatic carbocycles. The van der Waals surface area contributed by atoms with Gasteiger partial charge in [-0.2, -0.15) is 0 Å². The third-order valence-electron chi connectivity index (χ3n) is 4.28. The van der Waals surface area contributed by atoms with Crippen molar-refractivity contribution in [3.05, 3.63) is 0 Å². The highest BCUT2D eigenvalue weighted by atomic mass is 16.7. The first-order valence-corrected chi connectivity index (χ1v) is 8.99. The van der Waals surface area contributed by atoms with E-state index in [0.29, 0.717) is 5.92 Å². The minimum atomic E-state index is 0.0760. The number of carbonyl (C=O) groups excluding carboxylic acids is 1. The monoisotopic (exact) mass is 298 g/mol. The number of hydrogen-bond acceptors (Lipinski definition) is 3. The second kappa shape index (κ2) is 13.3. The molecule has 0 aromatic heterocycles. The van der Waals surface area contributed by atoms with Gasteiger partial charge in [0.15, 0.2) is 6.29 Å². The molecule has 0 aliphatic carbocycles. The minimum absolute atomic E-state index is 0.0760. The maximum atomic E-state index is 10.4. The summed E-state index contributed by atoms with van der Waals surface area (Å²) >= 11 is 0. The summed E-state index contributed by atoms with van der Waals surface area (Å²) in [5.41, 5.74) is 0. The fourth-order valence-corrected chi connectivity index (χ4v) is 2.82. The van der Waals surface area contributed by atoms with Crippen molar-refractivity contribution in [1.82, 2.24) is 0 Å². The number of unbranched alkanes of at least 4 members (excludes halogenated alkanes) is 6. The van der Waals surface area contributed by atoms with Crippen molar-refractivity contribution < 1.29 is 14.3 Å². The minimum Gasteiger partial charge on any atom is -0.353 e. The summed E-state index contributed by atoms with van der Waals surface area (Å²) in [4.78, 5) is 10.4. The number of ether oxygens (including phenoxy) is 2. The summed E-state index contributed by atoms with van der Waals surface area (Å²) in [6.07, 6.45) is 15.6. The molecule has 0 saturated carbocycles. The summed E-state index contributed by atoms with van der Waals surface area (Å²) in [5, 5.41) is 0. The predicted molar refractivity (Wildman–Crippen MR) is 86.3 cm³/mol. The third kappa shape index (κ3) is 10.9. The second-order valence-corrected chi connectivity index (χ2v) is 6.44. The molecular formula is C18H34O3. The van der Waals surface area contributed by atoms with Gasteiger partial charge in [0.25, 0.3) is 0 Å². The molecule has 0 N–H and O–H groups in total. The van der Waals surface area contributed by atoms with Crippen LogP contribution in [0.1, 0.15) is 84.0 Å². The molecule has 0 radical (unpaired) electrons. The van der Waals surface area contributed by atoms with Crippen molar-refractivity contribution in [2.75, 3.05) is 13.2 Å². The van der Waals surface area contributed by atoms with E-state index in [0.717, 1.165) is 38.8 Å². The molecule has 1 aliphatic heterocycles. The number of aldehydes is 1. The molecule has 0 bridgehead atoms. The molecule has 1 rings (SSSR count). The van der Waals surface area contributed by atoms with Crippen LogP contribution in [0.25, 0.3) is 0 Å². The zero-order valence-electron chi connectivity index (χ0n) is 13.9. The van der Waals surface area contributed by atoms with Gasteiger partial charge < -0.3 is 14.3 Å².